The zero-order chi connectivity index (χ0) is 20.1. The number of carbonyl (C=O) groups is 2. The van der Waals surface area contributed by atoms with Crippen LogP contribution in [-0.2, 0) is 22.6 Å². The molecule has 8 nitrogen and oxygen atoms in total. The monoisotopic (exact) mass is 397 g/mol. The Kier molecular flexibility index (Phi) is 4.44. The first-order valence-electron chi connectivity index (χ1n) is 10.8. The number of carbonyl (C=O) groups excluding carboxylic acids is 2. The highest BCUT2D eigenvalue weighted by Crippen LogP contribution is 2.33. The highest BCUT2D eigenvalue weighted by Gasteiger charge is 2.36. The average molecular weight is 397 g/mol. The second kappa shape index (κ2) is 7.00. The number of nitrogens with one attached hydrogen (secondary N) is 1. The van der Waals surface area contributed by atoms with Gasteiger partial charge in [-0.25, -0.2) is 9.50 Å². The van der Waals surface area contributed by atoms with Gasteiger partial charge in [0.2, 0.25) is 11.8 Å². The van der Waals surface area contributed by atoms with Crippen molar-refractivity contribution in [3.05, 3.63) is 33.4 Å². The van der Waals surface area contributed by atoms with Gasteiger partial charge in [0.15, 0.2) is 5.65 Å². The van der Waals surface area contributed by atoms with E-state index >= 15 is 0 Å². The van der Waals surface area contributed by atoms with E-state index in [1.54, 1.807) is 0 Å². The van der Waals surface area contributed by atoms with E-state index in [0.29, 0.717) is 37.1 Å². The molecule has 3 aliphatic rings. The summed E-state index contributed by atoms with van der Waals surface area (Å²) < 4.78 is 1.49. The molecule has 29 heavy (non-hydrogen) atoms. The summed E-state index contributed by atoms with van der Waals surface area (Å²) in [6.45, 7) is 3.61. The van der Waals surface area contributed by atoms with Gasteiger partial charge >= 0.3 is 0 Å². The molecule has 1 N–H and O–H groups in total. The highest BCUT2D eigenvalue weighted by molar-refractivity contribution is 5.81. The lowest BCUT2D eigenvalue weighted by atomic mass is 9.99. The minimum atomic E-state index is -0.131. The summed E-state index contributed by atoms with van der Waals surface area (Å²) in [6.07, 6.45) is 5.98. The zero-order valence-corrected chi connectivity index (χ0v) is 16.8. The first-order chi connectivity index (χ1) is 14.1. The fraction of sp³-hybridized carbons (Fsp3) is 0.619. The molecule has 2 aromatic heterocycles. The number of likely N-dealkylation sites (tertiary alicyclic amines) is 1. The quantitative estimate of drug-likeness (QED) is 0.855. The molecule has 2 amide bonds. The number of nitrogens with zero attached hydrogens (tertiary/aromatic N) is 4. The number of aromatic amines is 1. The van der Waals surface area contributed by atoms with Crippen molar-refractivity contribution in [1.82, 2.24) is 24.4 Å². The van der Waals surface area contributed by atoms with Gasteiger partial charge < -0.3 is 9.80 Å². The van der Waals surface area contributed by atoms with Crippen molar-refractivity contribution in [2.75, 3.05) is 13.1 Å². The van der Waals surface area contributed by atoms with Crippen molar-refractivity contribution < 1.29 is 9.59 Å². The van der Waals surface area contributed by atoms with E-state index in [2.05, 4.69) is 5.10 Å². The topological polar surface area (TPSA) is 90.8 Å². The van der Waals surface area contributed by atoms with Crippen molar-refractivity contribution >= 4 is 17.5 Å². The molecule has 1 atom stereocenters. The minimum Gasteiger partial charge on any atom is -0.337 e. The molecule has 8 heteroatoms. The normalized spacial score (nSPS) is 22.0. The van der Waals surface area contributed by atoms with Gasteiger partial charge in [0.05, 0.1) is 29.5 Å². The molecule has 4 heterocycles. The molecular weight excluding hydrogens is 370 g/mol. The maximum atomic E-state index is 13.2. The third-order valence-electron chi connectivity index (χ3n) is 6.50. The van der Waals surface area contributed by atoms with Crippen LogP contribution in [-0.4, -0.2) is 49.3 Å². The van der Waals surface area contributed by atoms with Crippen LogP contribution < -0.4 is 5.56 Å². The van der Waals surface area contributed by atoms with E-state index in [4.69, 9.17) is 4.98 Å². The molecule has 1 saturated carbocycles. The molecule has 1 unspecified atom stereocenters. The third kappa shape index (κ3) is 3.14. The van der Waals surface area contributed by atoms with Crippen LogP contribution in [0.4, 0.5) is 0 Å². The molecule has 2 aliphatic heterocycles. The first-order valence-corrected chi connectivity index (χ1v) is 10.8. The molecule has 0 spiro atoms. The van der Waals surface area contributed by atoms with Crippen LogP contribution in [0.5, 0.6) is 0 Å². The Labute approximate surface area is 168 Å². The summed E-state index contributed by atoms with van der Waals surface area (Å²) in [5.41, 5.74) is 2.74. The maximum absolute atomic E-state index is 13.2. The number of fused-ring (bicyclic) bond motifs is 2. The van der Waals surface area contributed by atoms with Crippen molar-refractivity contribution in [3.63, 3.8) is 0 Å². The van der Waals surface area contributed by atoms with E-state index < -0.39 is 0 Å². The molecule has 1 saturated heterocycles. The molecule has 2 fully saturated rings. The van der Waals surface area contributed by atoms with Crippen LogP contribution in [0.1, 0.15) is 68.4 Å². The number of piperidine rings is 1. The van der Waals surface area contributed by atoms with Crippen molar-refractivity contribution in [2.24, 2.45) is 5.92 Å². The summed E-state index contributed by atoms with van der Waals surface area (Å²) in [7, 11) is 0. The molecule has 1 aliphatic carbocycles. The van der Waals surface area contributed by atoms with Crippen LogP contribution in [0, 0.1) is 5.92 Å². The van der Waals surface area contributed by atoms with E-state index in [-0.39, 0.29) is 29.3 Å². The summed E-state index contributed by atoms with van der Waals surface area (Å²) in [6, 6.07) is 1.87. The second-order valence-corrected chi connectivity index (χ2v) is 8.48. The predicted molar refractivity (Wildman–Crippen MR) is 106 cm³/mol. The van der Waals surface area contributed by atoms with Crippen LogP contribution in [0.3, 0.4) is 0 Å². The van der Waals surface area contributed by atoms with E-state index in [1.807, 2.05) is 22.8 Å². The van der Waals surface area contributed by atoms with Gasteiger partial charge in [-0.1, -0.05) is 6.92 Å². The third-order valence-corrected chi connectivity index (χ3v) is 6.50. The number of amides is 2. The summed E-state index contributed by atoms with van der Waals surface area (Å²) in [4.78, 5) is 46.5. The molecule has 154 valence electrons. The SMILES string of the molecule is CCC(=O)N1CCCCC1c1cc2nc3c(c(=O)n2[nH]1)CN(C(=O)C1CC1)CC3. The minimum absolute atomic E-state index is 0.0396. The Hall–Kier alpha value is -2.64. The maximum Gasteiger partial charge on any atom is 0.277 e. The molecular formula is C21H27N5O3. The van der Waals surface area contributed by atoms with Crippen LogP contribution in [0.2, 0.25) is 0 Å². The van der Waals surface area contributed by atoms with E-state index in [0.717, 1.165) is 50.0 Å². The second-order valence-electron chi connectivity index (χ2n) is 8.48. The molecule has 5 rings (SSSR count). The number of hydrogen-bond acceptors (Lipinski definition) is 4. The smallest absolute Gasteiger partial charge is 0.277 e. The van der Waals surface area contributed by atoms with Gasteiger partial charge in [-0.3, -0.25) is 19.5 Å². The van der Waals surface area contributed by atoms with Gasteiger partial charge in [0.1, 0.15) is 0 Å². The Morgan fingerprint density at radius 1 is 1.21 bits per heavy atom. The molecule has 2 aromatic rings. The number of rotatable bonds is 3. The molecule has 0 aromatic carbocycles. The van der Waals surface area contributed by atoms with Gasteiger partial charge in [-0.15, -0.1) is 0 Å². The molecule has 0 radical (unpaired) electrons. The summed E-state index contributed by atoms with van der Waals surface area (Å²) in [5, 5.41) is 3.22. The molecule has 0 bridgehead atoms. The number of H-pyrrole nitrogens is 1. The largest absolute Gasteiger partial charge is 0.337 e. The van der Waals surface area contributed by atoms with Crippen LogP contribution in [0.15, 0.2) is 10.9 Å². The lowest BCUT2D eigenvalue weighted by Gasteiger charge is -2.35. The Balaban J connectivity index is 1.50. The number of hydrogen-bond donors (Lipinski definition) is 1. The summed E-state index contributed by atoms with van der Waals surface area (Å²) in [5.74, 6) is 0.465. The van der Waals surface area contributed by atoms with E-state index in [1.165, 1.54) is 4.52 Å². The fourth-order valence-corrected chi connectivity index (χ4v) is 4.70. The van der Waals surface area contributed by atoms with Crippen molar-refractivity contribution in [1.29, 1.82) is 0 Å². The lowest BCUT2D eigenvalue weighted by Crippen LogP contribution is -2.41. The van der Waals surface area contributed by atoms with Crippen LogP contribution >= 0.6 is 0 Å². The Morgan fingerprint density at radius 3 is 2.79 bits per heavy atom. The number of aromatic nitrogens is 3. The highest BCUT2D eigenvalue weighted by atomic mass is 16.2. The van der Waals surface area contributed by atoms with E-state index in [9.17, 15) is 14.4 Å². The lowest BCUT2D eigenvalue weighted by molar-refractivity contribution is -0.135. The Morgan fingerprint density at radius 2 is 2.03 bits per heavy atom. The van der Waals surface area contributed by atoms with Crippen LogP contribution in [0.25, 0.3) is 5.65 Å². The Bertz CT molecular complexity index is 1030. The summed E-state index contributed by atoms with van der Waals surface area (Å²) >= 11 is 0. The zero-order valence-electron chi connectivity index (χ0n) is 16.8. The first kappa shape index (κ1) is 18.4. The van der Waals surface area contributed by atoms with Gasteiger partial charge in [-0.2, -0.15) is 0 Å². The predicted octanol–water partition coefficient (Wildman–Crippen LogP) is 1.78. The van der Waals surface area contributed by atoms with Crippen molar-refractivity contribution in [2.45, 2.75) is 64.5 Å². The fourth-order valence-electron chi connectivity index (χ4n) is 4.70. The van der Waals surface area contributed by atoms with Gasteiger partial charge in [-0.05, 0) is 32.1 Å². The standard InChI is InChI=1S/C21H27N5O3/c1-2-19(27)25-9-4-3-5-17(25)16-11-18-22-15-8-10-24(20(28)13-6-7-13)12-14(15)21(29)26(18)23-16/h11,13,17,23H,2-10,12H2,1H3. The van der Waals surface area contributed by atoms with Gasteiger partial charge in [0.25, 0.3) is 5.56 Å². The average Bonchev–Trinajstić information content (AvgIpc) is 3.52. The van der Waals surface area contributed by atoms with Gasteiger partial charge in [0, 0.05) is 37.9 Å². The van der Waals surface area contributed by atoms with Crippen molar-refractivity contribution in [3.8, 4) is 0 Å².